The normalized spacial score (nSPS) is 10.1. The molecular weight excluding hydrogens is 264 g/mol. The first kappa shape index (κ1) is 14.8. The lowest BCUT2D eigenvalue weighted by atomic mass is 10.1. The summed E-state index contributed by atoms with van der Waals surface area (Å²) in [6.07, 6.45) is 3.37. The molecule has 2 aromatic rings. The van der Waals surface area contributed by atoms with E-state index in [0.29, 0.717) is 30.1 Å². The number of hydrogen-bond donors (Lipinski definition) is 0. The fourth-order valence-electron chi connectivity index (χ4n) is 2.13. The summed E-state index contributed by atoms with van der Waals surface area (Å²) in [6.45, 7) is 10.0. The van der Waals surface area contributed by atoms with E-state index in [1.54, 1.807) is 24.0 Å². The summed E-state index contributed by atoms with van der Waals surface area (Å²) in [5.41, 5.74) is 1.91. The number of carbonyl (C=O) groups excluding carboxylic acids is 1. The Bertz CT molecular complexity index is 634. The van der Waals surface area contributed by atoms with Gasteiger partial charge in [-0.25, -0.2) is 0 Å². The highest BCUT2D eigenvalue weighted by Gasteiger charge is 2.24. The summed E-state index contributed by atoms with van der Waals surface area (Å²) in [7, 11) is 0. The Balaban J connectivity index is 2.43. The van der Waals surface area contributed by atoms with Gasteiger partial charge in [0.1, 0.15) is 17.0 Å². The number of benzene rings is 1. The maximum Gasteiger partial charge on any atom is 0.260 e. The van der Waals surface area contributed by atoms with Crippen LogP contribution in [0.25, 0.3) is 11.3 Å². The summed E-state index contributed by atoms with van der Waals surface area (Å²) in [6, 6.07) is 9.52. The molecule has 0 spiro atoms. The molecule has 0 bridgehead atoms. The summed E-state index contributed by atoms with van der Waals surface area (Å²) in [5, 5.41) is 4.04. The lowest BCUT2D eigenvalue weighted by Crippen LogP contribution is -2.31. The third kappa shape index (κ3) is 3.11. The van der Waals surface area contributed by atoms with Gasteiger partial charge in [-0.3, -0.25) is 4.79 Å². The van der Waals surface area contributed by atoms with Gasteiger partial charge in [-0.05, 0) is 6.92 Å². The molecule has 4 heteroatoms. The van der Waals surface area contributed by atoms with E-state index in [2.05, 4.69) is 18.3 Å². The zero-order chi connectivity index (χ0) is 15.2. The lowest BCUT2D eigenvalue weighted by molar-refractivity contribution is 0.0789. The van der Waals surface area contributed by atoms with Crippen molar-refractivity contribution in [3.8, 4) is 11.3 Å². The molecule has 1 heterocycles. The van der Waals surface area contributed by atoms with Crippen LogP contribution in [0.2, 0.25) is 0 Å². The van der Waals surface area contributed by atoms with Crippen molar-refractivity contribution in [1.29, 1.82) is 0 Å². The summed E-state index contributed by atoms with van der Waals surface area (Å²) < 4.78 is 5.23. The van der Waals surface area contributed by atoms with Crippen molar-refractivity contribution in [3.63, 3.8) is 0 Å². The van der Waals surface area contributed by atoms with Gasteiger partial charge in [-0.1, -0.05) is 47.6 Å². The fraction of sp³-hybridized carbons (Fsp3) is 0.176. The minimum absolute atomic E-state index is 0.132. The third-order valence-electron chi connectivity index (χ3n) is 3.11. The van der Waals surface area contributed by atoms with Gasteiger partial charge in [0.05, 0.1) is 0 Å². The number of nitrogens with zero attached hydrogens (tertiary/aromatic N) is 2. The summed E-state index contributed by atoms with van der Waals surface area (Å²) >= 11 is 0. The Hall–Kier alpha value is -2.62. The number of aryl methyl sites for hydroxylation is 1. The zero-order valence-corrected chi connectivity index (χ0v) is 12.1. The van der Waals surface area contributed by atoms with Crippen molar-refractivity contribution in [1.82, 2.24) is 10.1 Å². The molecule has 0 aliphatic rings. The molecule has 0 atom stereocenters. The van der Waals surface area contributed by atoms with Crippen molar-refractivity contribution < 1.29 is 9.32 Å². The molecule has 0 aliphatic carbocycles. The number of carbonyl (C=O) groups is 1. The molecule has 0 fully saturated rings. The Kier molecular flexibility index (Phi) is 4.72. The van der Waals surface area contributed by atoms with Crippen LogP contribution in [-0.4, -0.2) is 29.1 Å². The smallest absolute Gasteiger partial charge is 0.260 e. The number of aromatic nitrogens is 1. The van der Waals surface area contributed by atoms with Crippen LogP contribution in [0.5, 0.6) is 0 Å². The Morgan fingerprint density at radius 3 is 2.43 bits per heavy atom. The van der Waals surface area contributed by atoms with Crippen LogP contribution >= 0.6 is 0 Å². The van der Waals surface area contributed by atoms with Gasteiger partial charge < -0.3 is 9.42 Å². The second kappa shape index (κ2) is 6.70. The predicted molar refractivity (Wildman–Crippen MR) is 83.0 cm³/mol. The summed E-state index contributed by atoms with van der Waals surface area (Å²) in [5.74, 6) is 0.379. The third-order valence-corrected chi connectivity index (χ3v) is 3.11. The van der Waals surface area contributed by atoms with Gasteiger partial charge in [0, 0.05) is 18.7 Å². The molecule has 21 heavy (non-hydrogen) atoms. The highest BCUT2D eigenvalue weighted by molar-refractivity contribution is 6.00. The Morgan fingerprint density at radius 1 is 1.24 bits per heavy atom. The van der Waals surface area contributed by atoms with Crippen LogP contribution in [0.15, 0.2) is 60.2 Å². The highest BCUT2D eigenvalue weighted by atomic mass is 16.5. The zero-order valence-electron chi connectivity index (χ0n) is 12.1. The monoisotopic (exact) mass is 282 g/mol. The molecule has 0 saturated heterocycles. The molecule has 4 nitrogen and oxygen atoms in total. The van der Waals surface area contributed by atoms with E-state index in [-0.39, 0.29) is 5.91 Å². The second-order valence-corrected chi connectivity index (χ2v) is 4.62. The maximum absolute atomic E-state index is 12.7. The molecule has 0 radical (unpaired) electrons. The Labute approximate surface area is 124 Å². The van der Waals surface area contributed by atoms with E-state index >= 15 is 0 Å². The van der Waals surface area contributed by atoms with Gasteiger partial charge in [-0.15, -0.1) is 13.2 Å². The fourth-order valence-corrected chi connectivity index (χ4v) is 2.13. The van der Waals surface area contributed by atoms with E-state index in [1.165, 1.54) is 0 Å². The topological polar surface area (TPSA) is 46.3 Å². The molecule has 0 aliphatic heterocycles. The van der Waals surface area contributed by atoms with E-state index in [4.69, 9.17) is 4.52 Å². The van der Waals surface area contributed by atoms with E-state index < -0.39 is 0 Å². The number of amides is 1. The lowest BCUT2D eigenvalue weighted by Gasteiger charge is -2.19. The molecule has 0 N–H and O–H groups in total. The van der Waals surface area contributed by atoms with Crippen LogP contribution in [0.4, 0.5) is 0 Å². The van der Waals surface area contributed by atoms with Crippen molar-refractivity contribution in [2.24, 2.45) is 0 Å². The van der Waals surface area contributed by atoms with E-state index in [0.717, 1.165) is 5.56 Å². The van der Waals surface area contributed by atoms with Crippen LogP contribution in [0.3, 0.4) is 0 Å². The minimum Gasteiger partial charge on any atom is -0.360 e. The van der Waals surface area contributed by atoms with Crippen LogP contribution in [-0.2, 0) is 0 Å². The molecule has 1 aromatic heterocycles. The largest absolute Gasteiger partial charge is 0.360 e. The van der Waals surface area contributed by atoms with E-state index in [1.807, 2.05) is 30.3 Å². The SMILES string of the molecule is C=CCN(CC=C)C(=O)c1c(-c2ccccc2)noc1C. The minimum atomic E-state index is -0.132. The maximum atomic E-state index is 12.7. The first-order chi connectivity index (χ1) is 10.2. The second-order valence-electron chi connectivity index (χ2n) is 4.62. The molecule has 108 valence electrons. The molecule has 1 aromatic carbocycles. The molecule has 0 saturated carbocycles. The van der Waals surface area contributed by atoms with Crippen LogP contribution in [0.1, 0.15) is 16.1 Å². The van der Waals surface area contributed by atoms with Crippen LogP contribution in [0, 0.1) is 6.92 Å². The van der Waals surface area contributed by atoms with Gasteiger partial charge in [0.25, 0.3) is 5.91 Å². The molecule has 0 unspecified atom stereocenters. The average Bonchev–Trinajstić information content (AvgIpc) is 2.89. The van der Waals surface area contributed by atoms with Gasteiger partial charge in [0.2, 0.25) is 0 Å². The average molecular weight is 282 g/mol. The molecular formula is C17H18N2O2. The number of rotatable bonds is 6. The first-order valence-corrected chi connectivity index (χ1v) is 6.71. The van der Waals surface area contributed by atoms with Crippen molar-refractivity contribution in [2.75, 3.05) is 13.1 Å². The van der Waals surface area contributed by atoms with Crippen molar-refractivity contribution >= 4 is 5.91 Å². The predicted octanol–water partition coefficient (Wildman–Crippen LogP) is 3.46. The Morgan fingerprint density at radius 2 is 1.86 bits per heavy atom. The summed E-state index contributed by atoms with van der Waals surface area (Å²) in [4.78, 5) is 14.4. The molecule has 1 amide bonds. The van der Waals surface area contributed by atoms with Gasteiger partial charge >= 0.3 is 0 Å². The molecule has 2 rings (SSSR count). The van der Waals surface area contributed by atoms with E-state index in [9.17, 15) is 4.79 Å². The van der Waals surface area contributed by atoms with Gasteiger partial charge in [0.15, 0.2) is 0 Å². The van der Waals surface area contributed by atoms with Crippen molar-refractivity contribution in [3.05, 3.63) is 67.0 Å². The van der Waals surface area contributed by atoms with Crippen LogP contribution < -0.4 is 0 Å². The quantitative estimate of drug-likeness (QED) is 0.762. The van der Waals surface area contributed by atoms with Gasteiger partial charge in [-0.2, -0.15) is 0 Å². The standard InChI is InChI=1S/C17H18N2O2/c1-4-11-19(12-5-2)17(20)15-13(3)21-18-16(15)14-9-7-6-8-10-14/h4-10H,1-2,11-12H2,3H3. The number of hydrogen-bond acceptors (Lipinski definition) is 3. The van der Waals surface area contributed by atoms with Crippen molar-refractivity contribution in [2.45, 2.75) is 6.92 Å². The first-order valence-electron chi connectivity index (χ1n) is 6.71. The highest BCUT2D eigenvalue weighted by Crippen LogP contribution is 2.26.